The van der Waals surface area contributed by atoms with E-state index in [0.717, 1.165) is 0 Å². The lowest BCUT2D eigenvalue weighted by Gasteiger charge is -2.25. The molecule has 0 radical (unpaired) electrons. The van der Waals surface area contributed by atoms with Gasteiger partial charge in [-0.3, -0.25) is 9.59 Å². The van der Waals surface area contributed by atoms with Crippen molar-refractivity contribution in [3.63, 3.8) is 0 Å². The average Bonchev–Trinajstić information content (AvgIpc) is 2.25. The van der Waals surface area contributed by atoms with Gasteiger partial charge in [-0.25, -0.2) is 4.79 Å². The molecular formula is C11H21N3O4. The van der Waals surface area contributed by atoms with Gasteiger partial charge in [0.1, 0.15) is 0 Å². The van der Waals surface area contributed by atoms with E-state index in [9.17, 15) is 14.4 Å². The third-order valence-electron chi connectivity index (χ3n) is 2.33. The zero-order valence-corrected chi connectivity index (χ0v) is 11.0. The summed E-state index contributed by atoms with van der Waals surface area (Å²) in [5, 5.41) is 16.2. The highest BCUT2D eigenvalue weighted by atomic mass is 16.4. The number of carbonyl (C=O) groups excluding carboxylic acids is 2. The smallest absolute Gasteiger partial charge is 0.315 e. The number of carboxylic acids is 1. The minimum absolute atomic E-state index is 0.00841. The van der Waals surface area contributed by atoms with Gasteiger partial charge in [0.15, 0.2) is 0 Å². The van der Waals surface area contributed by atoms with Gasteiger partial charge in [-0.05, 0) is 20.3 Å². The zero-order valence-electron chi connectivity index (χ0n) is 11.0. The van der Waals surface area contributed by atoms with Crippen LogP contribution in [0.3, 0.4) is 0 Å². The number of rotatable bonds is 7. The summed E-state index contributed by atoms with van der Waals surface area (Å²) in [5.74, 6) is -1.05. The third-order valence-corrected chi connectivity index (χ3v) is 2.33. The molecule has 0 aromatic carbocycles. The molecule has 0 aromatic heterocycles. The molecule has 104 valence electrons. The Balaban J connectivity index is 3.91. The van der Waals surface area contributed by atoms with Crippen LogP contribution < -0.4 is 16.0 Å². The number of hydrogen-bond donors (Lipinski definition) is 4. The van der Waals surface area contributed by atoms with Crippen LogP contribution in [0, 0.1) is 0 Å². The van der Waals surface area contributed by atoms with Crippen LogP contribution in [0.15, 0.2) is 0 Å². The number of hydrogen-bond acceptors (Lipinski definition) is 3. The molecule has 0 saturated carbocycles. The Hall–Kier alpha value is -1.79. The molecule has 0 fully saturated rings. The van der Waals surface area contributed by atoms with Gasteiger partial charge in [0, 0.05) is 32.0 Å². The highest BCUT2D eigenvalue weighted by Gasteiger charge is 2.21. The van der Waals surface area contributed by atoms with Gasteiger partial charge in [0.25, 0.3) is 0 Å². The molecule has 0 atom stereocenters. The van der Waals surface area contributed by atoms with E-state index in [1.165, 1.54) is 7.05 Å². The predicted molar refractivity (Wildman–Crippen MR) is 66.2 cm³/mol. The van der Waals surface area contributed by atoms with Gasteiger partial charge >= 0.3 is 12.0 Å². The summed E-state index contributed by atoms with van der Waals surface area (Å²) in [5.41, 5.74) is -0.602. The van der Waals surface area contributed by atoms with Gasteiger partial charge in [-0.2, -0.15) is 0 Å². The maximum absolute atomic E-state index is 11.5. The second kappa shape index (κ2) is 7.52. The van der Waals surface area contributed by atoms with Crippen LogP contribution in [0.4, 0.5) is 4.79 Å². The second-order valence-electron chi connectivity index (χ2n) is 4.58. The molecule has 0 bridgehead atoms. The molecule has 0 aromatic rings. The first-order chi connectivity index (χ1) is 8.26. The number of nitrogens with one attached hydrogen (secondary N) is 3. The first-order valence-electron chi connectivity index (χ1n) is 5.75. The number of urea groups is 1. The Bertz CT molecular complexity index is 315. The van der Waals surface area contributed by atoms with Crippen molar-refractivity contribution < 1.29 is 19.5 Å². The van der Waals surface area contributed by atoms with E-state index in [2.05, 4.69) is 16.0 Å². The van der Waals surface area contributed by atoms with E-state index in [1.54, 1.807) is 13.8 Å². The van der Waals surface area contributed by atoms with Gasteiger partial charge in [-0.15, -0.1) is 0 Å². The van der Waals surface area contributed by atoms with E-state index in [0.29, 0.717) is 6.42 Å². The Morgan fingerprint density at radius 3 is 2.28 bits per heavy atom. The van der Waals surface area contributed by atoms with Crippen LogP contribution >= 0.6 is 0 Å². The van der Waals surface area contributed by atoms with Crippen molar-refractivity contribution in [3.8, 4) is 0 Å². The van der Waals surface area contributed by atoms with Crippen molar-refractivity contribution in [1.29, 1.82) is 0 Å². The first-order valence-corrected chi connectivity index (χ1v) is 5.75. The number of carbonyl (C=O) groups is 3. The Kier molecular flexibility index (Phi) is 6.77. The van der Waals surface area contributed by atoms with E-state index in [1.807, 2.05) is 0 Å². The number of aliphatic carboxylic acids is 1. The van der Waals surface area contributed by atoms with E-state index in [-0.39, 0.29) is 25.3 Å². The maximum Gasteiger partial charge on any atom is 0.315 e. The molecule has 0 unspecified atom stereocenters. The van der Waals surface area contributed by atoms with Crippen LogP contribution in [0.25, 0.3) is 0 Å². The number of carboxylic acid groups (broad SMARTS) is 1. The molecule has 18 heavy (non-hydrogen) atoms. The molecule has 0 aliphatic rings. The van der Waals surface area contributed by atoms with Crippen LogP contribution in [-0.4, -0.2) is 42.1 Å². The summed E-state index contributed by atoms with van der Waals surface area (Å²) in [6.07, 6.45) is 0.538. The fourth-order valence-electron chi connectivity index (χ4n) is 1.25. The summed E-state index contributed by atoms with van der Waals surface area (Å²) in [6, 6.07) is -0.408. The molecule has 4 N–H and O–H groups in total. The Labute approximate surface area is 106 Å². The van der Waals surface area contributed by atoms with E-state index >= 15 is 0 Å². The van der Waals surface area contributed by atoms with E-state index in [4.69, 9.17) is 5.11 Å². The standard InChI is InChI=1S/C11H21N3O4/c1-11(2,6-4-9(16)17)14-10(18)13-7-5-8(15)12-3/h4-7H2,1-3H3,(H,12,15)(H,16,17)(H2,13,14,18). The fraction of sp³-hybridized carbons (Fsp3) is 0.727. The van der Waals surface area contributed by atoms with Crippen molar-refractivity contribution >= 4 is 17.9 Å². The molecule has 0 saturated heterocycles. The van der Waals surface area contributed by atoms with Crippen LogP contribution in [0.2, 0.25) is 0 Å². The minimum Gasteiger partial charge on any atom is -0.481 e. The number of amides is 3. The van der Waals surface area contributed by atoms with E-state index < -0.39 is 17.5 Å². The lowest BCUT2D eigenvalue weighted by molar-refractivity contribution is -0.137. The SMILES string of the molecule is CNC(=O)CCNC(=O)NC(C)(C)CCC(=O)O. The van der Waals surface area contributed by atoms with Crippen LogP contribution in [0.1, 0.15) is 33.1 Å². The summed E-state index contributed by atoms with van der Waals surface area (Å²) < 4.78 is 0. The molecule has 0 aliphatic heterocycles. The Morgan fingerprint density at radius 1 is 1.17 bits per heavy atom. The molecule has 7 nitrogen and oxygen atoms in total. The fourth-order valence-corrected chi connectivity index (χ4v) is 1.25. The molecule has 0 heterocycles. The van der Waals surface area contributed by atoms with Gasteiger partial charge in [0.05, 0.1) is 0 Å². The summed E-state index contributed by atoms with van der Waals surface area (Å²) in [7, 11) is 1.53. The van der Waals surface area contributed by atoms with Crippen molar-refractivity contribution in [1.82, 2.24) is 16.0 Å². The maximum atomic E-state index is 11.5. The largest absolute Gasteiger partial charge is 0.481 e. The third kappa shape index (κ3) is 8.37. The van der Waals surface area contributed by atoms with Gasteiger partial charge < -0.3 is 21.1 Å². The molecular weight excluding hydrogens is 238 g/mol. The van der Waals surface area contributed by atoms with Crippen LogP contribution in [-0.2, 0) is 9.59 Å². The second-order valence-corrected chi connectivity index (χ2v) is 4.58. The normalized spacial score (nSPS) is 10.6. The van der Waals surface area contributed by atoms with Gasteiger partial charge in [-0.1, -0.05) is 0 Å². The zero-order chi connectivity index (χ0) is 14.2. The molecule has 3 amide bonds. The Morgan fingerprint density at radius 2 is 1.78 bits per heavy atom. The summed E-state index contributed by atoms with van der Waals surface area (Å²) >= 11 is 0. The van der Waals surface area contributed by atoms with Gasteiger partial charge in [0.2, 0.25) is 5.91 Å². The topological polar surface area (TPSA) is 108 Å². The molecule has 7 heteroatoms. The van der Waals surface area contributed by atoms with Crippen molar-refractivity contribution in [3.05, 3.63) is 0 Å². The van der Waals surface area contributed by atoms with Crippen molar-refractivity contribution in [2.24, 2.45) is 0 Å². The average molecular weight is 259 g/mol. The lowest BCUT2D eigenvalue weighted by Crippen LogP contribution is -2.49. The minimum atomic E-state index is -0.898. The molecule has 0 spiro atoms. The summed E-state index contributed by atoms with van der Waals surface area (Å²) in [6.45, 7) is 3.73. The monoisotopic (exact) mass is 259 g/mol. The molecule has 0 rings (SSSR count). The van der Waals surface area contributed by atoms with Crippen LogP contribution in [0.5, 0.6) is 0 Å². The highest BCUT2D eigenvalue weighted by Crippen LogP contribution is 2.10. The highest BCUT2D eigenvalue weighted by molar-refractivity contribution is 5.78. The summed E-state index contributed by atoms with van der Waals surface area (Å²) in [4.78, 5) is 32.8. The molecule has 0 aliphatic carbocycles. The van der Waals surface area contributed by atoms with Crippen molar-refractivity contribution in [2.75, 3.05) is 13.6 Å². The lowest BCUT2D eigenvalue weighted by atomic mass is 9.99. The predicted octanol–water partition coefficient (Wildman–Crippen LogP) is 0.0651. The first kappa shape index (κ1) is 16.2. The van der Waals surface area contributed by atoms with Crippen molar-refractivity contribution in [2.45, 2.75) is 38.6 Å². The quantitative estimate of drug-likeness (QED) is 0.518.